The number of hydrogen-bond acceptors (Lipinski definition) is 0. The molecule has 21 aromatic rings. The Morgan fingerprint density at radius 3 is 0.318 bits per heavy atom. The van der Waals surface area contributed by atoms with E-state index in [0.717, 1.165) is 0 Å². The summed E-state index contributed by atoms with van der Waals surface area (Å²) >= 11 is 0. The zero-order chi connectivity index (χ0) is 86.0. The van der Waals surface area contributed by atoms with Crippen LogP contribution >= 0.6 is 0 Å². The van der Waals surface area contributed by atoms with Gasteiger partial charge in [-0.3, -0.25) is 0 Å². The molecule has 0 heterocycles. The average molecular weight is 1660 g/mol. The Hall–Kier alpha value is -16.4. The molecule has 0 nitrogen and oxygen atoms in total. The van der Waals surface area contributed by atoms with Crippen molar-refractivity contribution in [3.8, 4) is 167 Å². The molecule has 0 aliphatic heterocycles. The quantitative estimate of drug-likeness (QED) is 0.142. The van der Waals surface area contributed by atoms with Crippen molar-refractivity contribution in [1.29, 1.82) is 0 Å². The molecule has 20 bridgehead atoms. The molecule has 32 rings (SSSR count). The number of rotatable bonds is 0. The van der Waals surface area contributed by atoms with Gasteiger partial charge in [-0.2, -0.15) is 0 Å². The second kappa shape index (κ2) is 25.3. The van der Waals surface area contributed by atoms with E-state index in [0.29, 0.717) is 0 Å². The van der Waals surface area contributed by atoms with Gasteiger partial charge in [0.25, 0.3) is 0 Å². The van der Waals surface area contributed by atoms with Crippen LogP contribution in [0.4, 0.5) is 0 Å². The van der Waals surface area contributed by atoms with Gasteiger partial charge >= 0.3 is 0 Å². The van der Waals surface area contributed by atoms with E-state index >= 15 is 0 Å². The zero-order valence-electron chi connectivity index (χ0n) is 72.3. The molecule has 11 aliphatic carbocycles. The zero-order valence-corrected chi connectivity index (χ0v) is 72.3. The summed E-state index contributed by atoms with van der Waals surface area (Å²) in [6, 6.07) is 179. The highest BCUT2D eigenvalue weighted by Crippen LogP contribution is 2.72. The van der Waals surface area contributed by atoms with E-state index < -0.39 is 27.1 Å². The van der Waals surface area contributed by atoms with Crippen molar-refractivity contribution >= 4 is 0 Å². The van der Waals surface area contributed by atoms with Crippen LogP contribution in [0.1, 0.15) is 117 Å². The fourth-order valence-corrected chi connectivity index (χ4v) is 28.0. The van der Waals surface area contributed by atoms with E-state index in [1.807, 2.05) is 18.2 Å². The Balaban J connectivity index is 0.00000112. The van der Waals surface area contributed by atoms with Crippen molar-refractivity contribution in [2.45, 2.75) is 34.0 Å². The molecule has 11 aliphatic rings. The molecule has 0 radical (unpaired) electrons. The fourth-order valence-electron chi connectivity index (χ4n) is 28.0. The average Bonchev–Trinajstić information content (AvgIpc) is 1.52. The molecule has 0 N–H and O–H groups in total. The molecule has 0 aromatic heterocycles. The summed E-state index contributed by atoms with van der Waals surface area (Å²) in [5, 5.41) is 0. The van der Waals surface area contributed by atoms with Gasteiger partial charge in [0.2, 0.25) is 0 Å². The Morgan fingerprint density at radius 1 is 0.0985 bits per heavy atom. The van der Waals surface area contributed by atoms with Crippen molar-refractivity contribution in [3.05, 3.63) is 572 Å². The normalized spacial score (nSPS) is 18.8. The van der Waals surface area contributed by atoms with Gasteiger partial charge in [-0.05, 0) is 346 Å². The van der Waals surface area contributed by atoms with Crippen LogP contribution in [0.2, 0.25) is 0 Å². The molecule has 0 amide bonds. The first-order valence-electron chi connectivity index (χ1n) is 46.8. The van der Waals surface area contributed by atoms with Gasteiger partial charge in [-0.25, -0.2) is 0 Å². The molecule has 5 spiro atoms. The molecular weight excluding hydrogens is 1590 g/mol. The minimum absolute atomic E-state index is 0.636. The lowest BCUT2D eigenvalue weighted by atomic mass is 9.69. The summed E-state index contributed by atoms with van der Waals surface area (Å²) in [6.07, 6.45) is 0. The molecule has 0 saturated carbocycles. The van der Waals surface area contributed by atoms with E-state index in [2.05, 4.69) is 444 Å². The third-order valence-corrected chi connectivity index (χ3v) is 33.1. The van der Waals surface area contributed by atoms with Crippen LogP contribution in [0.25, 0.3) is 167 Å². The second-order valence-corrected chi connectivity index (χ2v) is 38.5. The predicted molar refractivity (Wildman–Crippen MR) is 540 cm³/mol. The van der Waals surface area contributed by atoms with Crippen LogP contribution in [-0.4, -0.2) is 0 Å². The lowest BCUT2D eigenvalue weighted by molar-refractivity contribution is 0.792. The second-order valence-electron chi connectivity index (χ2n) is 38.5. The molecule has 0 fully saturated rings. The van der Waals surface area contributed by atoms with Crippen LogP contribution < -0.4 is 0 Å². The van der Waals surface area contributed by atoms with Gasteiger partial charge in [-0.15, -0.1) is 0 Å². The van der Waals surface area contributed by atoms with Crippen molar-refractivity contribution in [2.75, 3.05) is 0 Å². The van der Waals surface area contributed by atoms with Gasteiger partial charge in [0.15, 0.2) is 0 Å². The Bertz CT molecular complexity index is 7230. The van der Waals surface area contributed by atoms with Crippen molar-refractivity contribution in [2.24, 2.45) is 0 Å². The number of aryl methyl sites for hydroxylation is 1. The van der Waals surface area contributed by atoms with E-state index in [1.54, 1.807) is 0 Å². The highest BCUT2D eigenvalue weighted by molar-refractivity contribution is 6.06. The number of benzene rings is 21. The van der Waals surface area contributed by atoms with Gasteiger partial charge in [0, 0.05) is 0 Å². The van der Waals surface area contributed by atoms with Crippen LogP contribution in [0.15, 0.2) is 455 Å². The molecule has 606 valence electrons. The maximum atomic E-state index is 2.60. The van der Waals surface area contributed by atoms with E-state index in [4.69, 9.17) is 0 Å². The van der Waals surface area contributed by atoms with Gasteiger partial charge in [0.05, 0.1) is 27.1 Å². The summed E-state index contributed by atoms with van der Waals surface area (Å²) < 4.78 is 0. The van der Waals surface area contributed by atoms with E-state index in [1.165, 1.54) is 284 Å². The topological polar surface area (TPSA) is 0 Å². The predicted octanol–water partition coefficient (Wildman–Crippen LogP) is 32.0. The molecule has 0 saturated heterocycles. The standard InChI is InChI=1S/C125H70.C7H8/c1-11-31-101-81(21-1)91-51-41-71-61-111(91)121(101)102-32-12-2-22-82(102)92-52-42-72(62-112(92)121)74-44-54-94-84-24-5-15-35-105(84)123(114(94)64-74)106-36-16-6-26-86(106)96-56-46-76(66-116(96)123)78-48-58-98-88-28-9-19-39-109(88)125(118(98)68-78)110-40-20-10-30-90(110)100-60-50-80(70-120(100)125)79-49-59-99-89-29-8-18-38-108(89)124(119(99)69-79)107-37-17-7-27-87(107)97-57-47-77(67-117(97)124)75-45-55-95-85-25-4-14-34-104(85)122(115(95)65-75)103-33-13-3-23-83(103)93-53-43-73(71)63-113(93)122;1-7-5-3-2-4-6-7/h1-70H;2-6H,1H3. The minimum Gasteiger partial charge on any atom is -0.0622 e. The lowest BCUT2D eigenvalue weighted by Crippen LogP contribution is -2.26. The maximum absolute atomic E-state index is 2.60. The molecule has 0 heteroatoms. The lowest BCUT2D eigenvalue weighted by Gasteiger charge is -2.32. The fraction of sp³-hybridized carbons (Fsp3) is 0.0455. The third-order valence-electron chi connectivity index (χ3n) is 33.1. The van der Waals surface area contributed by atoms with Crippen molar-refractivity contribution < 1.29 is 0 Å². The first-order valence-corrected chi connectivity index (χ1v) is 46.8. The third kappa shape index (κ3) is 8.51. The SMILES string of the molecule is Cc1ccccc1.c1ccc2c(c1)-c1ccc3cc1C21c2ccccc2-c2ccc(cc21)-c1ccc2c(c1)C1(c4ccccc4-2)c2ccccc2-c2ccc(cc21)-c1ccc2c(c1)C1(c4ccccc4-2)c2ccccc2-c2ccc(cc21)-c1ccc2c(c1)C1(c4ccccc4-c4ccc(cc41)-c1ccc4c(c1)C1(c5ccccc5-c5ccc-3cc51)c1ccccc1-4)c1ccccc1-2. The number of fused-ring (bicyclic) bond motifs is 35. The Morgan fingerprint density at radius 2 is 0.205 bits per heavy atom. The van der Waals surface area contributed by atoms with Crippen LogP contribution in [0, 0.1) is 6.92 Å². The first-order chi connectivity index (χ1) is 65.3. The van der Waals surface area contributed by atoms with Crippen LogP contribution in [0.3, 0.4) is 0 Å². The van der Waals surface area contributed by atoms with Gasteiger partial charge in [-0.1, -0.05) is 400 Å². The Labute approximate surface area is 767 Å². The summed E-state index contributed by atoms with van der Waals surface area (Å²) in [5.74, 6) is 0. The van der Waals surface area contributed by atoms with Crippen molar-refractivity contribution in [3.63, 3.8) is 0 Å². The number of hydrogen-bond donors (Lipinski definition) is 0. The molecular formula is C132H78. The monoisotopic (exact) mass is 1660 g/mol. The molecule has 132 heavy (non-hydrogen) atoms. The molecule has 0 unspecified atom stereocenters. The highest BCUT2D eigenvalue weighted by Gasteiger charge is 2.59. The van der Waals surface area contributed by atoms with E-state index in [-0.39, 0.29) is 0 Å². The summed E-state index contributed by atoms with van der Waals surface area (Å²) in [4.78, 5) is 0. The van der Waals surface area contributed by atoms with E-state index in [9.17, 15) is 0 Å². The van der Waals surface area contributed by atoms with Gasteiger partial charge < -0.3 is 0 Å². The van der Waals surface area contributed by atoms with Crippen LogP contribution in [-0.2, 0) is 27.1 Å². The maximum Gasteiger partial charge on any atom is 0.0725 e. The smallest absolute Gasteiger partial charge is 0.0622 e. The van der Waals surface area contributed by atoms with Gasteiger partial charge in [0.1, 0.15) is 0 Å². The van der Waals surface area contributed by atoms with Crippen LogP contribution in [0.5, 0.6) is 0 Å². The van der Waals surface area contributed by atoms with Crippen molar-refractivity contribution in [1.82, 2.24) is 0 Å². The summed E-state index contributed by atoms with van der Waals surface area (Å²) in [6.45, 7) is 2.08. The highest BCUT2D eigenvalue weighted by atomic mass is 14.6. The Kier molecular flexibility index (Phi) is 13.8. The summed E-state index contributed by atoms with van der Waals surface area (Å²) in [5.41, 5.74) is 62.5. The minimum atomic E-state index is -0.636. The summed E-state index contributed by atoms with van der Waals surface area (Å²) in [7, 11) is 0. The molecule has 21 aromatic carbocycles. The molecule has 0 atom stereocenters. The first kappa shape index (κ1) is 71.6. The largest absolute Gasteiger partial charge is 0.0725 e.